The number of benzene rings is 3. The average molecular weight is 397 g/mol. The number of aliphatic hydroxyl groups excluding tert-OH is 1. The van der Waals surface area contributed by atoms with Crippen LogP contribution in [0.3, 0.4) is 0 Å². The van der Waals surface area contributed by atoms with Crippen LogP contribution in [0.4, 0.5) is 0 Å². The maximum atomic E-state index is 10.7. The van der Waals surface area contributed by atoms with Crippen molar-refractivity contribution >= 4 is 10.9 Å². The summed E-state index contributed by atoms with van der Waals surface area (Å²) in [6.45, 7) is 0.372. The fraction of sp³-hybridized carbons (Fsp3) is 0.192. The summed E-state index contributed by atoms with van der Waals surface area (Å²) in [6.07, 6.45) is 0.745. The molecule has 0 saturated heterocycles. The molecule has 0 spiro atoms. The molecule has 1 aromatic heterocycles. The zero-order valence-electron chi connectivity index (χ0n) is 16.6. The molecule has 1 N–H and O–H groups in total. The normalized spacial score (nSPS) is 17.9. The number of ether oxygens (including phenoxy) is 2. The van der Waals surface area contributed by atoms with Crippen molar-refractivity contribution in [3.8, 4) is 11.5 Å². The molecule has 0 saturated carbocycles. The van der Waals surface area contributed by atoms with E-state index in [2.05, 4.69) is 23.2 Å². The Hall–Kier alpha value is -3.37. The number of rotatable bonds is 5. The molecule has 2 atom stereocenters. The second-order valence-corrected chi connectivity index (χ2v) is 7.66. The van der Waals surface area contributed by atoms with Crippen molar-refractivity contribution in [3.05, 3.63) is 102 Å². The van der Waals surface area contributed by atoms with Crippen molar-refractivity contribution in [1.82, 2.24) is 4.98 Å². The SMILES string of the molecule is OC1CC(Cc2ccccc2)Oc2ccc(OCc3ccc4ccccc4n3)cc21. The zero-order chi connectivity index (χ0) is 20.3. The van der Waals surface area contributed by atoms with E-state index in [9.17, 15) is 5.11 Å². The van der Waals surface area contributed by atoms with Gasteiger partial charge < -0.3 is 14.6 Å². The maximum Gasteiger partial charge on any atom is 0.130 e. The van der Waals surface area contributed by atoms with Crippen LogP contribution >= 0.6 is 0 Å². The first kappa shape index (κ1) is 18.6. The van der Waals surface area contributed by atoms with Gasteiger partial charge in [0.2, 0.25) is 0 Å². The highest BCUT2D eigenvalue weighted by molar-refractivity contribution is 5.78. The van der Waals surface area contributed by atoms with Gasteiger partial charge in [-0.05, 0) is 35.9 Å². The molecule has 4 heteroatoms. The summed E-state index contributed by atoms with van der Waals surface area (Å²) in [5.41, 5.74) is 3.81. The number of nitrogens with zero attached hydrogens (tertiary/aromatic N) is 1. The molecule has 1 aliphatic heterocycles. The standard InChI is InChI=1S/C26H23NO3/c28-25-16-22(14-18-6-2-1-3-7-18)30-26-13-12-21(15-23(25)26)29-17-20-11-10-19-8-4-5-9-24(19)27-20/h1-13,15,22,25,28H,14,16-17H2. The summed E-state index contributed by atoms with van der Waals surface area (Å²) >= 11 is 0. The molecule has 1 aliphatic rings. The minimum Gasteiger partial charge on any atom is -0.490 e. The Balaban J connectivity index is 1.27. The van der Waals surface area contributed by atoms with Crippen LogP contribution in [0.5, 0.6) is 11.5 Å². The number of aromatic nitrogens is 1. The van der Waals surface area contributed by atoms with Crippen LogP contribution in [0.1, 0.15) is 29.3 Å². The highest BCUT2D eigenvalue weighted by Gasteiger charge is 2.27. The van der Waals surface area contributed by atoms with Crippen molar-refractivity contribution < 1.29 is 14.6 Å². The molecular formula is C26H23NO3. The summed E-state index contributed by atoms with van der Waals surface area (Å²) in [5.74, 6) is 1.43. The Morgan fingerprint density at radius 1 is 0.933 bits per heavy atom. The van der Waals surface area contributed by atoms with Gasteiger partial charge >= 0.3 is 0 Å². The lowest BCUT2D eigenvalue weighted by molar-refractivity contribution is 0.0658. The van der Waals surface area contributed by atoms with Crippen molar-refractivity contribution in [3.63, 3.8) is 0 Å². The Kier molecular flexibility index (Phi) is 5.08. The molecule has 0 amide bonds. The van der Waals surface area contributed by atoms with Gasteiger partial charge in [-0.3, -0.25) is 0 Å². The van der Waals surface area contributed by atoms with E-state index < -0.39 is 6.10 Å². The summed E-state index contributed by atoms with van der Waals surface area (Å²) in [5, 5.41) is 11.8. The van der Waals surface area contributed by atoms with Crippen molar-refractivity contribution in [2.75, 3.05) is 0 Å². The summed E-state index contributed by atoms with van der Waals surface area (Å²) < 4.78 is 12.1. The first-order chi connectivity index (χ1) is 14.7. The fourth-order valence-electron chi connectivity index (χ4n) is 3.94. The topological polar surface area (TPSA) is 51.6 Å². The molecule has 150 valence electrons. The lowest BCUT2D eigenvalue weighted by Gasteiger charge is -2.30. The lowest BCUT2D eigenvalue weighted by atomic mass is 9.95. The lowest BCUT2D eigenvalue weighted by Crippen LogP contribution is -2.27. The molecule has 0 bridgehead atoms. The van der Waals surface area contributed by atoms with E-state index in [0.29, 0.717) is 18.8 Å². The Morgan fingerprint density at radius 2 is 1.77 bits per heavy atom. The average Bonchev–Trinajstić information content (AvgIpc) is 2.78. The van der Waals surface area contributed by atoms with Crippen molar-refractivity contribution in [2.45, 2.75) is 31.7 Å². The van der Waals surface area contributed by atoms with Gasteiger partial charge in [-0.25, -0.2) is 4.98 Å². The molecule has 0 fully saturated rings. The Bertz CT molecular complexity index is 1160. The van der Waals surface area contributed by atoms with Crippen LogP contribution < -0.4 is 9.47 Å². The second kappa shape index (κ2) is 8.17. The molecule has 4 nitrogen and oxygen atoms in total. The highest BCUT2D eigenvalue weighted by Crippen LogP contribution is 2.38. The Morgan fingerprint density at radius 3 is 2.67 bits per heavy atom. The predicted octanol–water partition coefficient (Wildman–Crippen LogP) is 5.24. The maximum absolute atomic E-state index is 10.7. The fourth-order valence-corrected chi connectivity index (χ4v) is 3.94. The van der Waals surface area contributed by atoms with Crippen LogP contribution in [0.25, 0.3) is 10.9 Å². The minimum atomic E-state index is -0.565. The van der Waals surface area contributed by atoms with Gasteiger partial charge in [0.25, 0.3) is 0 Å². The molecule has 3 aromatic carbocycles. The first-order valence-electron chi connectivity index (χ1n) is 10.2. The van der Waals surface area contributed by atoms with E-state index in [1.165, 1.54) is 5.56 Å². The summed E-state index contributed by atoms with van der Waals surface area (Å²) in [6, 6.07) is 27.9. The van der Waals surface area contributed by atoms with Crippen molar-refractivity contribution in [1.29, 1.82) is 0 Å². The number of hydrogen-bond donors (Lipinski definition) is 1. The van der Waals surface area contributed by atoms with Gasteiger partial charge in [-0.2, -0.15) is 0 Å². The van der Waals surface area contributed by atoms with Crippen LogP contribution in [0, 0.1) is 0 Å². The number of hydrogen-bond acceptors (Lipinski definition) is 4. The first-order valence-corrected chi connectivity index (χ1v) is 10.2. The Labute approximate surface area is 175 Å². The van der Waals surface area contributed by atoms with Gasteiger partial charge in [-0.1, -0.05) is 54.6 Å². The number of para-hydroxylation sites is 1. The van der Waals surface area contributed by atoms with E-state index in [1.807, 2.05) is 66.7 Å². The van der Waals surface area contributed by atoms with E-state index >= 15 is 0 Å². The minimum absolute atomic E-state index is 0.0385. The summed E-state index contributed by atoms with van der Waals surface area (Å²) in [7, 11) is 0. The molecule has 0 aliphatic carbocycles. The third-order valence-electron chi connectivity index (χ3n) is 5.47. The molecule has 2 unspecified atom stereocenters. The number of fused-ring (bicyclic) bond motifs is 2. The van der Waals surface area contributed by atoms with Crippen LogP contribution in [0.15, 0.2) is 84.9 Å². The molecular weight excluding hydrogens is 374 g/mol. The highest BCUT2D eigenvalue weighted by atomic mass is 16.5. The monoisotopic (exact) mass is 397 g/mol. The smallest absolute Gasteiger partial charge is 0.130 e. The van der Waals surface area contributed by atoms with Crippen molar-refractivity contribution in [2.24, 2.45) is 0 Å². The number of aliphatic hydroxyl groups is 1. The van der Waals surface area contributed by atoms with Gasteiger partial charge in [0.1, 0.15) is 24.2 Å². The van der Waals surface area contributed by atoms with Gasteiger partial charge in [0.15, 0.2) is 0 Å². The number of pyridine rings is 1. The summed E-state index contributed by atoms with van der Waals surface area (Å²) in [4.78, 5) is 4.64. The van der Waals surface area contributed by atoms with Gasteiger partial charge in [0.05, 0.1) is 17.3 Å². The van der Waals surface area contributed by atoms with E-state index in [4.69, 9.17) is 9.47 Å². The molecule has 2 heterocycles. The second-order valence-electron chi connectivity index (χ2n) is 7.66. The molecule has 0 radical (unpaired) electrons. The molecule has 30 heavy (non-hydrogen) atoms. The van der Waals surface area contributed by atoms with E-state index in [0.717, 1.165) is 34.3 Å². The van der Waals surface area contributed by atoms with Gasteiger partial charge in [0, 0.05) is 23.8 Å². The molecule has 5 rings (SSSR count). The largest absolute Gasteiger partial charge is 0.490 e. The third-order valence-corrected chi connectivity index (χ3v) is 5.47. The van der Waals surface area contributed by atoms with E-state index in [1.54, 1.807) is 0 Å². The van der Waals surface area contributed by atoms with Crippen LogP contribution in [0.2, 0.25) is 0 Å². The predicted molar refractivity (Wildman–Crippen MR) is 117 cm³/mol. The van der Waals surface area contributed by atoms with Crippen LogP contribution in [-0.4, -0.2) is 16.2 Å². The zero-order valence-corrected chi connectivity index (χ0v) is 16.6. The van der Waals surface area contributed by atoms with Gasteiger partial charge in [-0.15, -0.1) is 0 Å². The van der Waals surface area contributed by atoms with E-state index in [-0.39, 0.29) is 6.10 Å². The quantitative estimate of drug-likeness (QED) is 0.500. The third kappa shape index (κ3) is 4.00. The molecule has 4 aromatic rings. The van der Waals surface area contributed by atoms with Crippen LogP contribution in [-0.2, 0) is 13.0 Å².